The van der Waals surface area contributed by atoms with Crippen molar-refractivity contribution >= 4 is 26.5 Å². The first-order valence-corrected chi connectivity index (χ1v) is 8.41. The van der Waals surface area contributed by atoms with Crippen molar-refractivity contribution in [3.63, 3.8) is 0 Å². The van der Waals surface area contributed by atoms with Gasteiger partial charge in [-0.1, -0.05) is 36.4 Å². The average Bonchev–Trinajstić information content (AvgIpc) is 2.48. The molecule has 0 radical (unpaired) electrons. The SMILES string of the molecule is O=S(=O)(Nc1cccc2ccccc12)C1CCCNC1. The molecule has 0 aromatic heterocycles. The third-order valence-electron chi connectivity index (χ3n) is 3.73. The average molecular weight is 290 g/mol. The fourth-order valence-electron chi connectivity index (χ4n) is 2.64. The minimum absolute atomic E-state index is 0.352. The number of nitrogens with one attached hydrogen (secondary N) is 2. The third kappa shape index (κ3) is 2.64. The Labute approximate surface area is 119 Å². The first kappa shape index (κ1) is 13.4. The van der Waals surface area contributed by atoms with Gasteiger partial charge < -0.3 is 5.32 Å². The molecule has 1 aliphatic rings. The molecule has 3 rings (SSSR count). The molecular weight excluding hydrogens is 272 g/mol. The van der Waals surface area contributed by atoms with Gasteiger partial charge in [0.2, 0.25) is 10.0 Å². The van der Waals surface area contributed by atoms with Gasteiger partial charge >= 0.3 is 0 Å². The molecule has 1 heterocycles. The molecule has 4 nitrogen and oxygen atoms in total. The number of fused-ring (bicyclic) bond motifs is 1. The zero-order valence-electron chi connectivity index (χ0n) is 11.2. The zero-order chi connectivity index (χ0) is 14.0. The van der Waals surface area contributed by atoms with E-state index in [4.69, 9.17) is 0 Å². The van der Waals surface area contributed by atoms with Crippen molar-refractivity contribution in [1.82, 2.24) is 5.32 Å². The summed E-state index contributed by atoms with van der Waals surface area (Å²) in [6, 6.07) is 13.5. The Morgan fingerprint density at radius 2 is 1.90 bits per heavy atom. The second-order valence-electron chi connectivity index (χ2n) is 5.14. The minimum atomic E-state index is -3.34. The Morgan fingerprint density at radius 3 is 2.70 bits per heavy atom. The summed E-state index contributed by atoms with van der Waals surface area (Å²) in [6.45, 7) is 1.43. The molecule has 0 bridgehead atoms. The van der Waals surface area contributed by atoms with Gasteiger partial charge in [-0.25, -0.2) is 8.42 Å². The number of benzene rings is 2. The van der Waals surface area contributed by atoms with E-state index in [1.807, 2.05) is 42.5 Å². The molecule has 1 saturated heterocycles. The van der Waals surface area contributed by atoms with E-state index < -0.39 is 10.0 Å². The van der Waals surface area contributed by atoms with Crippen LogP contribution in [0.25, 0.3) is 10.8 Å². The molecule has 1 aliphatic heterocycles. The number of hydrogen-bond acceptors (Lipinski definition) is 3. The Kier molecular flexibility index (Phi) is 3.63. The van der Waals surface area contributed by atoms with Gasteiger partial charge in [-0.3, -0.25) is 4.72 Å². The van der Waals surface area contributed by atoms with Crippen molar-refractivity contribution in [3.05, 3.63) is 42.5 Å². The molecule has 106 valence electrons. The highest BCUT2D eigenvalue weighted by atomic mass is 32.2. The quantitative estimate of drug-likeness (QED) is 0.912. The van der Waals surface area contributed by atoms with Crippen molar-refractivity contribution < 1.29 is 8.42 Å². The Morgan fingerprint density at radius 1 is 1.10 bits per heavy atom. The maximum absolute atomic E-state index is 12.4. The normalized spacial score (nSPS) is 19.9. The minimum Gasteiger partial charge on any atom is -0.315 e. The third-order valence-corrected chi connectivity index (χ3v) is 5.52. The highest BCUT2D eigenvalue weighted by molar-refractivity contribution is 7.93. The lowest BCUT2D eigenvalue weighted by Crippen LogP contribution is -2.41. The van der Waals surface area contributed by atoms with Gasteiger partial charge in [0.1, 0.15) is 0 Å². The molecule has 0 aliphatic carbocycles. The summed E-state index contributed by atoms with van der Waals surface area (Å²) in [7, 11) is -3.34. The Bertz CT molecular complexity index is 701. The second-order valence-corrected chi connectivity index (χ2v) is 7.10. The van der Waals surface area contributed by atoms with Crippen molar-refractivity contribution in [2.24, 2.45) is 0 Å². The molecule has 2 aromatic rings. The molecule has 5 heteroatoms. The lowest BCUT2D eigenvalue weighted by atomic mass is 10.1. The van der Waals surface area contributed by atoms with Crippen LogP contribution >= 0.6 is 0 Å². The molecule has 0 saturated carbocycles. The van der Waals surface area contributed by atoms with Crippen LogP contribution in [0.15, 0.2) is 42.5 Å². The van der Waals surface area contributed by atoms with Gasteiger partial charge in [0, 0.05) is 11.9 Å². The van der Waals surface area contributed by atoms with Crippen molar-refractivity contribution in [2.75, 3.05) is 17.8 Å². The van der Waals surface area contributed by atoms with Crippen LogP contribution in [0.1, 0.15) is 12.8 Å². The fraction of sp³-hybridized carbons (Fsp3) is 0.333. The smallest absolute Gasteiger partial charge is 0.236 e. The van der Waals surface area contributed by atoms with E-state index in [0.717, 1.165) is 23.7 Å². The number of piperidine rings is 1. The van der Waals surface area contributed by atoms with Crippen LogP contribution in [0.2, 0.25) is 0 Å². The second kappa shape index (κ2) is 5.42. The summed E-state index contributed by atoms with van der Waals surface area (Å²) in [5.74, 6) is 0. The lowest BCUT2D eigenvalue weighted by molar-refractivity contribution is 0.499. The summed E-state index contributed by atoms with van der Waals surface area (Å²) in [4.78, 5) is 0. The van der Waals surface area contributed by atoms with E-state index in [1.165, 1.54) is 0 Å². The van der Waals surface area contributed by atoms with Crippen LogP contribution in [0.3, 0.4) is 0 Å². The van der Waals surface area contributed by atoms with Crippen molar-refractivity contribution in [1.29, 1.82) is 0 Å². The van der Waals surface area contributed by atoms with E-state index in [2.05, 4.69) is 10.0 Å². The van der Waals surface area contributed by atoms with Gasteiger partial charge in [-0.05, 0) is 30.8 Å². The Balaban J connectivity index is 1.92. The van der Waals surface area contributed by atoms with Gasteiger partial charge in [-0.2, -0.15) is 0 Å². The summed E-state index contributed by atoms with van der Waals surface area (Å²) >= 11 is 0. The number of hydrogen-bond donors (Lipinski definition) is 2. The first-order valence-electron chi connectivity index (χ1n) is 6.87. The molecule has 1 atom stereocenters. The first-order chi connectivity index (χ1) is 9.67. The maximum atomic E-state index is 12.4. The topological polar surface area (TPSA) is 58.2 Å². The van der Waals surface area contributed by atoms with E-state index in [1.54, 1.807) is 0 Å². The molecule has 0 amide bonds. The summed E-state index contributed by atoms with van der Waals surface area (Å²) in [6.07, 6.45) is 1.62. The van der Waals surface area contributed by atoms with E-state index >= 15 is 0 Å². The molecule has 20 heavy (non-hydrogen) atoms. The zero-order valence-corrected chi connectivity index (χ0v) is 12.0. The summed E-state index contributed by atoms with van der Waals surface area (Å²) < 4.78 is 27.7. The monoisotopic (exact) mass is 290 g/mol. The number of anilines is 1. The maximum Gasteiger partial charge on any atom is 0.236 e. The molecule has 1 unspecified atom stereocenters. The van der Waals surface area contributed by atoms with Crippen LogP contribution in [-0.4, -0.2) is 26.8 Å². The molecule has 2 N–H and O–H groups in total. The predicted octanol–water partition coefficient (Wildman–Crippen LogP) is 2.33. The van der Waals surface area contributed by atoms with Crippen LogP contribution in [0.5, 0.6) is 0 Å². The number of rotatable bonds is 3. The number of sulfonamides is 1. The van der Waals surface area contributed by atoms with Crippen LogP contribution < -0.4 is 10.0 Å². The Hall–Kier alpha value is -1.59. The van der Waals surface area contributed by atoms with Crippen LogP contribution in [0.4, 0.5) is 5.69 Å². The molecule has 0 spiro atoms. The highest BCUT2D eigenvalue weighted by Gasteiger charge is 2.27. The summed E-state index contributed by atoms with van der Waals surface area (Å²) in [5.41, 5.74) is 0.661. The standard InChI is InChI=1S/C15H18N2O2S/c18-20(19,13-7-4-10-16-11-13)17-15-9-3-6-12-5-1-2-8-14(12)15/h1-3,5-6,8-9,13,16-17H,4,7,10-11H2. The lowest BCUT2D eigenvalue weighted by Gasteiger charge is -2.23. The van der Waals surface area contributed by atoms with E-state index in [-0.39, 0.29) is 5.25 Å². The largest absolute Gasteiger partial charge is 0.315 e. The predicted molar refractivity (Wildman–Crippen MR) is 82.4 cm³/mol. The molecular formula is C15H18N2O2S. The fourth-order valence-corrected chi connectivity index (χ4v) is 4.10. The molecule has 1 fully saturated rings. The summed E-state index contributed by atoms with van der Waals surface area (Å²) in [5, 5.41) is 4.76. The van der Waals surface area contributed by atoms with Gasteiger partial charge in [0.25, 0.3) is 0 Å². The van der Waals surface area contributed by atoms with E-state index in [0.29, 0.717) is 18.7 Å². The van der Waals surface area contributed by atoms with E-state index in [9.17, 15) is 8.42 Å². The van der Waals surface area contributed by atoms with Gasteiger partial charge in [0.15, 0.2) is 0 Å². The van der Waals surface area contributed by atoms with Gasteiger partial charge in [0.05, 0.1) is 10.9 Å². The van der Waals surface area contributed by atoms with Crippen molar-refractivity contribution in [3.8, 4) is 0 Å². The van der Waals surface area contributed by atoms with Crippen LogP contribution in [0, 0.1) is 0 Å². The van der Waals surface area contributed by atoms with Crippen LogP contribution in [-0.2, 0) is 10.0 Å². The van der Waals surface area contributed by atoms with Crippen molar-refractivity contribution in [2.45, 2.75) is 18.1 Å². The van der Waals surface area contributed by atoms with Gasteiger partial charge in [-0.15, -0.1) is 0 Å². The molecule has 2 aromatic carbocycles. The highest BCUT2D eigenvalue weighted by Crippen LogP contribution is 2.25.